The third-order valence-electron chi connectivity index (χ3n) is 2.68. The highest BCUT2D eigenvalue weighted by Gasteiger charge is 2.15. The van der Waals surface area contributed by atoms with Crippen LogP contribution in [-0.2, 0) is 0 Å². The summed E-state index contributed by atoms with van der Waals surface area (Å²) in [6.45, 7) is 2.20. The highest BCUT2D eigenvalue weighted by molar-refractivity contribution is 6.23. The summed E-state index contributed by atoms with van der Waals surface area (Å²) >= 11 is 0. The molecule has 0 aliphatic carbocycles. The molecule has 0 spiro atoms. The summed E-state index contributed by atoms with van der Waals surface area (Å²) in [5, 5.41) is 15.7. The Hall–Kier alpha value is -1.72. The van der Waals surface area contributed by atoms with Crippen molar-refractivity contribution < 1.29 is 0 Å². The van der Waals surface area contributed by atoms with Gasteiger partial charge in [-0.15, -0.1) is 0 Å². The van der Waals surface area contributed by atoms with Gasteiger partial charge in [0.05, 0.1) is 0 Å². The molecule has 1 rings (SSSR count). The van der Waals surface area contributed by atoms with Crippen LogP contribution in [0.2, 0.25) is 0 Å². The average Bonchev–Trinajstić information content (AvgIpc) is 2.76. The Kier molecular flexibility index (Phi) is 5.92. The highest BCUT2D eigenvalue weighted by atomic mass is 15.0. The Labute approximate surface area is 102 Å². The van der Waals surface area contributed by atoms with Crippen molar-refractivity contribution in [3.8, 4) is 6.07 Å². The molecular formula is C13H18N4. The first-order valence-electron chi connectivity index (χ1n) is 6.18. The monoisotopic (exact) mass is 230 g/mol. The average molecular weight is 230 g/mol. The Morgan fingerprint density at radius 3 is 2.41 bits per heavy atom. The lowest BCUT2D eigenvalue weighted by Gasteiger charge is -1.98. The first-order chi connectivity index (χ1) is 8.31. The fraction of sp³-hybridized carbons (Fsp3) is 0.615. The van der Waals surface area contributed by atoms with Crippen molar-refractivity contribution in [3.05, 3.63) is 5.70 Å². The van der Waals surface area contributed by atoms with Gasteiger partial charge in [-0.2, -0.15) is 5.26 Å². The fourth-order valence-electron chi connectivity index (χ4n) is 1.73. The summed E-state index contributed by atoms with van der Waals surface area (Å²) in [5.74, 6) is 2.81. The van der Waals surface area contributed by atoms with E-state index in [2.05, 4.69) is 22.8 Å². The zero-order chi connectivity index (χ0) is 12.5. The number of nitrogens with one attached hydrogen (secondary N) is 1. The molecule has 0 fully saturated rings. The molecule has 1 heterocycles. The Morgan fingerprint density at radius 2 is 1.82 bits per heavy atom. The number of aliphatic imine (C=N–C) groups is 2. The van der Waals surface area contributed by atoms with E-state index in [4.69, 9.17) is 10.7 Å². The second-order valence-corrected chi connectivity index (χ2v) is 4.09. The molecule has 1 aliphatic heterocycles. The maximum atomic E-state index is 8.76. The largest absolute Gasteiger partial charge is 0.257 e. The number of rotatable bonds is 7. The second-order valence-electron chi connectivity index (χ2n) is 4.09. The summed E-state index contributed by atoms with van der Waals surface area (Å²) in [4.78, 5) is 8.18. The molecule has 90 valence electrons. The van der Waals surface area contributed by atoms with E-state index in [0.717, 1.165) is 12.8 Å². The number of hydrogen-bond donors (Lipinski definition) is 1. The quantitative estimate of drug-likeness (QED) is 0.529. The zero-order valence-corrected chi connectivity index (χ0v) is 10.3. The Balaban J connectivity index is 2.28. The molecule has 0 aromatic heterocycles. The third-order valence-corrected chi connectivity index (χ3v) is 2.68. The van der Waals surface area contributed by atoms with E-state index < -0.39 is 0 Å². The van der Waals surface area contributed by atoms with Gasteiger partial charge in [0.1, 0.15) is 11.9 Å². The first kappa shape index (κ1) is 13.3. The third kappa shape index (κ3) is 4.34. The predicted octanol–water partition coefficient (Wildman–Crippen LogP) is 3.25. The maximum Gasteiger partial charge on any atom is 0.177 e. The molecular weight excluding hydrogens is 212 g/mol. The molecule has 0 unspecified atom stereocenters. The molecule has 0 bridgehead atoms. The lowest BCUT2D eigenvalue weighted by atomic mass is 10.1. The summed E-state index contributed by atoms with van der Waals surface area (Å²) in [7, 11) is 0. The predicted molar refractivity (Wildman–Crippen MR) is 69.7 cm³/mol. The molecule has 0 radical (unpaired) electrons. The van der Waals surface area contributed by atoms with Crippen molar-refractivity contribution in [1.29, 1.82) is 10.7 Å². The van der Waals surface area contributed by atoms with Crippen molar-refractivity contribution in [2.45, 2.75) is 51.9 Å². The van der Waals surface area contributed by atoms with Crippen LogP contribution in [-0.4, -0.2) is 17.4 Å². The van der Waals surface area contributed by atoms with Crippen LogP contribution in [0.25, 0.3) is 0 Å². The van der Waals surface area contributed by atoms with E-state index in [1.54, 1.807) is 0 Å². The molecule has 0 aromatic carbocycles. The first-order valence-corrected chi connectivity index (χ1v) is 6.18. The van der Waals surface area contributed by atoms with Crippen molar-refractivity contribution in [1.82, 2.24) is 0 Å². The molecule has 1 aliphatic rings. The van der Waals surface area contributed by atoms with E-state index >= 15 is 0 Å². The van der Waals surface area contributed by atoms with Gasteiger partial charge in [0.2, 0.25) is 0 Å². The van der Waals surface area contributed by atoms with Gasteiger partial charge in [-0.1, -0.05) is 39.0 Å². The fourth-order valence-corrected chi connectivity index (χ4v) is 1.73. The van der Waals surface area contributed by atoms with E-state index in [0.29, 0.717) is 5.84 Å². The zero-order valence-electron chi connectivity index (χ0n) is 10.3. The second kappa shape index (κ2) is 7.54. The van der Waals surface area contributed by atoms with E-state index in [9.17, 15) is 0 Å². The smallest absolute Gasteiger partial charge is 0.177 e. The number of nitrogens with zero attached hydrogens (tertiary/aromatic N) is 3. The molecule has 0 aromatic rings. The van der Waals surface area contributed by atoms with Crippen molar-refractivity contribution >= 4 is 17.4 Å². The van der Waals surface area contributed by atoms with Gasteiger partial charge in [0.25, 0.3) is 0 Å². The van der Waals surface area contributed by atoms with Crippen LogP contribution in [0.15, 0.2) is 15.7 Å². The molecule has 0 saturated heterocycles. The van der Waals surface area contributed by atoms with Crippen molar-refractivity contribution in [2.75, 3.05) is 0 Å². The lowest BCUT2D eigenvalue weighted by Crippen LogP contribution is -1.93. The maximum absolute atomic E-state index is 8.76. The van der Waals surface area contributed by atoms with Gasteiger partial charge in [-0.25, -0.2) is 9.98 Å². The summed E-state index contributed by atoms with van der Waals surface area (Å²) in [6, 6.07) is 1.93. The molecule has 17 heavy (non-hydrogen) atoms. The van der Waals surface area contributed by atoms with Crippen LogP contribution < -0.4 is 0 Å². The molecule has 0 amide bonds. The van der Waals surface area contributed by atoms with Gasteiger partial charge in [0.15, 0.2) is 11.4 Å². The van der Waals surface area contributed by atoms with Crippen molar-refractivity contribution in [2.24, 2.45) is 9.98 Å². The Morgan fingerprint density at radius 1 is 1.12 bits per heavy atom. The van der Waals surface area contributed by atoms with Crippen LogP contribution in [0.1, 0.15) is 51.9 Å². The minimum atomic E-state index is 0.223. The van der Waals surface area contributed by atoms with E-state index in [1.165, 1.54) is 32.1 Å². The SMILES string of the molecule is CCCCCCCCC1=NC(=C=N)C(C#N)=N1. The Bertz CT molecular complexity index is 406. The van der Waals surface area contributed by atoms with Gasteiger partial charge in [0, 0.05) is 12.3 Å². The molecule has 4 nitrogen and oxygen atoms in total. The van der Waals surface area contributed by atoms with Gasteiger partial charge >= 0.3 is 0 Å². The normalized spacial score (nSPS) is 14.0. The minimum Gasteiger partial charge on any atom is -0.257 e. The van der Waals surface area contributed by atoms with Crippen LogP contribution >= 0.6 is 0 Å². The molecule has 0 saturated carbocycles. The van der Waals surface area contributed by atoms with Crippen LogP contribution in [0.5, 0.6) is 0 Å². The lowest BCUT2D eigenvalue weighted by molar-refractivity contribution is 0.615. The van der Waals surface area contributed by atoms with Crippen LogP contribution in [0.3, 0.4) is 0 Å². The van der Waals surface area contributed by atoms with E-state index in [-0.39, 0.29) is 11.4 Å². The number of amidine groups is 1. The number of allylic oxidation sites excluding steroid dienone is 1. The number of unbranched alkanes of at least 4 members (excludes halogenated alkanes) is 5. The standard InChI is InChI=1S/C13H18N4/c1-2-3-4-5-6-7-8-13-16-11(9-14)12(10-15)17-13/h14H,2-8H2,1H3. The molecule has 1 N–H and O–H groups in total. The molecule has 0 atom stereocenters. The van der Waals surface area contributed by atoms with Gasteiger partial charge in [-0.05, 0) is 6.42 Å². The minimum absolute atomic E-state index is 0.223. The van der Waals surface area contributed by atoms with Crippen LogP contribution in [0.4, 0.5) is 0 Å². The molecule has 4 heteroatoms. The van der Waals surface area contributed by atoms with Gasteiger partial charge in [-0.3, -0.25) is 5.41 Å². The number of hydrogen-bond acceptors (Lipinski definition) is 4. The van der Waals surface area contributed by atoms with Gasteiger partial charge < -0.3 is 0 Å². The summed E-state index contributed by atoms with van der Waals surface area (Å²) in [6.07, 6.45) is 8.14. The number of nitriles is 1. The van der Waals surface area contributed by atoms with E-state index in [1.807, 2.05) is 6.07 Å². The van der Waals surface area contributed by atoms with Crippen molar-refractivity contribution in [3.63, 3.8) is 0 Å². The summed E-state index contributed by atoms with van der Waals surface area (Å²) in [5.41, 5.74) is 0.495. The van der Waals surface area contributed by atoms with Crippen LogP contribution in [0, 0.1) is 16.7 Å². The highest BCUT2D eigenvalue weighted by Crippen LogP contribution is 2.13. The summed E-state index contributed by atoms with van der Waals surface area (Å²) < 4.78 is 0. The topological polar surface area (TPSA) is 72.4 Å².